The first kappa shape index (κ1) is 20.9. The van der Waals surface area contributed by atoms with Crippen molar-refractivity contribution >= 4 is 23.5 Å². The van der Waals surface area contributed by atoms with Crippen LogP contribution in [0.2, 0.25) is 5.02 Å². The standard InChI is InChI=1S/C25H19ClN4O3/c26-20-14-8-7-13-19(20)22-27-21(33-29-22)16-30-23(31)25(28-24(30)32,18-11-5-2-6-12-18)15-17-9-3-1-4-10-17/h1-14H,15-16H2,(H,28,32)/t25-/m0/s1. The number of urea groups is 1. The van der Waals surface area contributed by atoms with E-state index in [1.165, 1.54) is 0 Å². The number of imide groups is 1. The molecule has 0 bridgehead atoms. The van der Waals surface area contributed by atoms with Crippen LogP contribution in [0.1, 0.15) is 17.0 Å². The van der Waals surface area contributed by atoms with Gasteiger partial charge in [0.1, 0.15) is 6.54 Å². The molecule has 164 valence electrons. The smallest absolute Gasteiger partial charge is 0.325 e. The van der Waals surface area contributed by atoms with Crippen LogP contribution in [0, 0.1) is 0 Å². The minimum atomic E-state index is -1.23. The fraction of sp³-hybridized carbons (Fsp3) is 0.120. The van der Waals surface area contributed by atoms with Crippen molar-refractivity contribution in [1.29, 1.82) is 0 Å². The molecule has 1 atom stereocenters. The number of benzene rings is 3. The maximum Gasteiger partial charge on any atom is 0.325 e. The van der Waals surface area contributed by atoms with Gasteiger partial charge in [-0.15, -0.1) is 0 Å². The third kappa shape index (κ3) is 3.87. The van der Waals surface area contributed by atoms with Gasteiger partial charge >= 0.3 is 6.03 Å². The summed E-state index contributed by atoms with van der Waals surface area (Å²) in [4.78, 5) is 32.1. The molecule has 1 aromatic heterocycles. The molecule has 1 fully saturated rings. The zero-order valence-corrected chi connectivity index (χ0v) is 18.2. The second-order valence-electron chi connectivity index (χ2n) is 7.75. The Bertz CT molecular complexity index is 1310. The summed E-state index contributed by atoms with van der Waals surface area (Å²) >= 11 is 6.22. The van der Waals surface area contributed by atoms with Crippen molar-refractivity contribution in [3.8, 4) is 11.4 Å². The van der Waals surface area contributed by atoms with Gasteiger partial charge in [0.25, 0.3) is 5.91 Å². The minimum Gasteiger partial charge on any atom is -0.337 e. The van der Waals surface area contributed by atoms with Crippen LogP contribution >= 0.6 is 11.6 Å². The molecule has 1 N–H and O–H groups in total. The summed E-state index contributed by atoms with van der Waals surface area (Å²) in [6.45, 7) is -0.147. The van der Waals surface area contributed by atoms with E-state index in [0.717, 1.165) is 10.5 Å². The van der Waals surface area contributed by atoms with Crippen molar-refractivity contribution in [2.75, 3.05) is 0 Å². The summed E-state index contributed by atoms with van der Waals surface area (Å²) < 4.78 is 5.33. The lowest BCUT2D eigenvalue weighted by Gasteiger charge is -2.27. The lowest BCUT2D eigenvalue weighted by molar-refractivity contribution is -0.132. The zero-order valence-electron chi connectivity index (χ0n) is 17.4. The zero-order chi connectivity index (χ0) is 22.8. The molecule has 8 heteroatoms. The number of hydrogen-bond acceptors (Lipinski definition) is 5. The van der Waals surface area contributed by atoms with Crippen LogP contribution in [0.4, 0.5) is 4.79 Å². The van der Waals surface area contributed by atoms with Crippen LogP contribution < -0.4 is 5.32 Å². The molecule has 7 nitrogen and oxygen atoms in total. The van der Waals surface area contributed by atoms with E-state index in [9.17, 15) is 9.59 Å². The van der Waals surface area contributed by atoms with E-state index >= 15 is 0 Å². The topological polar surface area (TPSA) is 88.3 Å². The first-order valence-electron chi connectivity index (χ1n) is 10.4. The molecule has 0 spiro atoms. The van der Waals surface area contributed by atoms with Crippen LogP contribution in [-0.4, -0.2) is 27.0 Å². The quantitative estimate of drug-likeness (QED) is 0.427. The molecule has 1 aliphatic heterocycles. The van der Waals surface area contributed by atoms with Gasteiger partial charge in [-0.05, 0) is 23.3 Å². The molecule has 5 rings (SSSR count). The molecular formula is C25H19ClN4O3. The predicted molar refractivity (Wildman–Crippen MR) is 122 cm³/mol. The van der Waals surface area contributed by atoms with Gasteiger partial charge in [-0.25, -0.2) is 4.79 Å². The van der Waals surface area contributed by atoms with Crippen molar-refractivity contribution in [3.63, 3.8) is 0 Å². The molecule has 2 heterocycles. The molecular weight excluding hydrogens is 440 g/mol. The summed E-state index contributed by atoms with van der Waals surface area (Å²) in [5, 5.41) is 7.37. The Hall–Kier alpha value is -3.97. The average molecular weight is 459 g/mol. The highest BCUT2D eigenvalue weighted by Crippen LogP contribution is 2.34. The van der Waals surface area contributed by atoms with E-state index in [1.54, 1.807) is 18.2 Å². The molecule has 0 saturated carbocycles. The third-order valence-corrected chi connectivity index (χ3v) is 5.96. The van der Waals surface area contributed by atoms with Gasteiger partial charge < -0.3 is 9.84 Å². The lowest BCUT2D eigenvalue weighted by atomic mass is 9.83. The molecule has 1 aliphatic rings. The van der Waals surface area contributed by atoms with E-state index < -0.39 is 11.6 Å². The maximum atomic E-state index is 13.7. The molecule has 33 heavy (non-hydrogen) atoms. The summed E-state index contributed by atoms with van der Waals surface area (Å²) in [5.74, 6) is 0.0540. The molecule has 0 aliphatic carbocycles. The van der Waals surface area contributed by atoms with Crippen molar-refractivity contribution in [2.24, 2.45) is 0 Å². The minimum absolute atomic E-state index is 0.136. The number of rotatable bonds is 6. The maximum absolute atomic E-state index is 13.7. The highest BCUT2D eigenvalue weighted by Gasteiger charge is 2.52. The van der Waals surface area contributed by atoms with Gasteiger partial charge in [0.15, 0.2) is 5.54 Å². The van der Waals surface area contributed by atoms with E-state index in [1.807, 2.05) is 66.7 Å². The molecule has 3 amide bonds. The average Bonchev–Trinajstić information content (AvgIpc) is 3.40. The normalized spacial score (nSPS) is 17.9. The van der Waals surface area contributed by atoms with Crippen LogP contribution in [-0.2, 0) is 23.3 Å². The Morgan fingerprint density at radius 1 is 0.909 bits per heavy atom. The van der Waals surface area contributed by atoms with Crippen LogP contribution in [0.3, 0.4) is 0 Å². The van der Waals surface area contributed by atoms with Crippen molar-refractivity contribution in [1.82, 2.24) is 20.4 Å². The third-order valence-electron chi connectivity index (χ3n) is 5.63. The Morgan fingerprint density at radius 2 is 1.58 bits per heavy atom. The van der Waals surface area contributed by atoms with E-state index in [0.29, 0.717) is 28.4 Å². The van der Waals surface area contributed by atoms with Gasteiger partial charge in [0.2, 0.25) is 11.7 Å². The Kier molecular flexibility index (Phi) is 5.40. The highest BCUT2D eigenvalue weighted by molar-refractivity contribution is 6.33. The Balaban J connectivity index is 1.46. The van der Waals surface area contributed by atoms with Gasteiger partial charge in [0.05, 0.1) is 5.02 Å². The fourth-order valence-corrected chi connectivity index (χ4v) is 4.24. The van der Waals surface area contributed by atoms with Gasteiger partial charge in [-0.3, -0.25) is 9.69 Å². The molecule has 0 radical (unpaired) electrons. The SMILES string of the molecule is O=C1N[C@@](Cc2ccccc2)(c2ccccc2)C(=O)N1Cc1nc(-c2ccccc2Cl)no1. The predicted octanol–water partition coefficient (Wildman–Crippen LogP) is 4.58. The van der Waals surface area contributed by atoms with Crippen molar-refractivity contribution in [2.45, 2.75) is 18.5 Å². The number of nitrogens with zero attached hydrogens (tertiary/aromatic N) is 3. The van der Waals surface area contributed by atoms with Crippen molar-refractivity contribution in [3.05, 3.63) is 107 Å². The molecule has 1 saturated heterocycles. The Labute approximate surface area is 195 Å². The molecule has 4 aromatic rings. The highest BCUT2D eigenvalue weighted by atomic mass is 35.5. The molecule has 3 aromatic carbocycles. The number of nitrogens with one attached hydrogen (secondary N) is 1. The van der Waals surface area contributed by atoms with E-state index in [-0.39, 0.29) is 18.3 Å². The Morgan fingerprint density at radius 3 is 2.30 bits per heavy atom. The van der Waals surface area contributed by atoms with Crippen LogP contribution in [0.25, 0.3) is 11.4 Å². The number of amides is 3. The fourth-order valence-electron chi connectivity index (χ4n) is 4.02. The first-order valence-corrected chi connectivity index (χ1v) is 10.8. The second kappa shape index (κ2) is 8.52. The lowest BCUT2D eigenvalue weighted by Crippen LogP contribution is -2.46. The number of carbonyl (C=O) groups is 2. The number of hydrogen-bond donors (Lipinski definition) is 1. The van der Waals surface area contributed by atoms with Gasteiger partial charge in [0, 0.05) is 12.0 Å². The van der Waals surface area contributed by atoms with Gasteiger partial charge in [-0.2, -0.15) is 4.98 Å². The summed E-state index contributed by atoms with van der Waals surface area (Å²) in [6, 6.07) is 25.4. The summed E-state index contributed by atoms with van der Waals surface area (Å²) in [6.07, 6.45) is 0.313. The van der Waals surface area contributed by atoms with E-state index in [2.05, 4.69) is 15.5 Å². The second-order valence-corrected chi connectivity index (χ2v) is 8.15. The van der Waals surface area contributed by atoms with Gasteiger partial charge in [-0.1, -0.05) is 89.6 Å². The van der Waals surface area contributed by atoms with E-state index in [4.69, 9.17) is 16.1 Å². The largest absolute Gasteiger partial charge is 0.337 e. The number of carbonyl (C=O) groups excluding carboxylic acids is 2. The summed E-state index contributed by atoms with van der Waals surface area (Å²) in [7, 11) is 0. The van der Waals surface area contributed by atoms with Crippen LogP contribution in [0.15, 0.2) is 89.5 Å². The number of halogens is 1. The van der Waals surface area contributed by atoms with Crippen LogP contribution in [0.5, 0.6) is 0 Å². The monoisotopic (exact) mass is 458 g/mol. The number of aromatic nitrogens is 2. The first-order chi connectivity index (χ1) is 16.1. The molecule has 0 unspecified atom stereocenters. The summed E-state index contributed by atoms with van der Waals surface area (Å²) in [5.41, 5.74) is 1.01. The van der Waals surface area contributed by atoms with Crippen molar-refractivity contribution < 1.29 is 14.1 Å².